The normalized spacial score (nSPS) is 11.4. The van der Waals surface area contributed by atoms with Gasteiger partial charge in [0.25, 0.3) is 0 Å². The maximum Gasteiger partial charge on any atom is 0.0960 e. The minimum absolute atomic E-state index is 0.505. The summed E-state index contributed by atoms with van der Waals surface area (Å²) in [7, 11) is 1.69. The molecule has 0 saturated heterocycles. The van der Waals surface area contributed by atoms with E-state index in [1.165, 1.54) is 0 Å². The molecule has 0 fully saturated rings. The SMILES string of the molecule is COCc1nn(Cc2ccc3ncc(Cl)cc3c2)c2ccccc12. The van der Waals surface area contributed by atoms with Crippen LogP contribution in [0.1, 0.15) is 11.3 Å². The molecule has 0 atom stereocenters. The van der Waals surface area contributed by atoms with Crippen molar-refractivity contribution in [3.63, 3.8) is 0 Å². The maximum atomic E-state index is 6.05. The fraction of sp³-hybridized carbons (Fsp3) is 0.158. The van der Waals surface area contributed by atoms with Crippen LogP contribution in [-0.4, -0.2) is 21.9 Å². The highest BCUT2D eigenvalue weighted by Crippen LogP contribution is 2.22. The van der Waals surface area contributed by atoms with Gasteiger partial charge in [0.15, 0.2) is 0 Å². The highest BCUT2D eigenvalue weighted by molar-refractivity contribution is 6.31. The minimum atomic E-state index is 0.505. The van der Waals surface area contributed by atoms with Crippen LogP contribution in [0.3, 0.4) is 0 Å². The highest BCUT2D eigenvalue weighted by Gasteiger charge is 2.10. The quantitative estimate of drug-likeness (QED) is 0.553. The number of aromatic nitrogens is 3. The van der Waals surface area contributed by atoms with Crippen molar-refractivity contribution in [2.24, 2.45) is 0 Å². The first-order valence-electron chi connectivity index (χ1n) is 7.72. The van der Waals surface area contributed by atoms with Gasteiger partial charge < -0.3 is 4.74 Å². The molecule has 0 radical (unpaired) electrons. The third-order valence-electron chi connectivity index (χ3n) is 4.06. The number of methoxy groups -OCH3 is 1. The van der Waals surface area contributed by atoms with E-state index in [1.54, 1.807) is 13.3 Å². The van der Waals surface area contributed by atoms with Crippen molar-refractivity contribution in [2.45, 2.75) is 13.2 Å². The molecule has 0 aliphatic heterocycles. The summed E-state index contributed by atoms with van der Waals surface area (Å²) in [5.41, 5.74) is 4.16. The van der Waals surface area contributed by atoms with Gasteiger partial charge in [0, 0.05) is 24.1 Å². The van der Waals surface area contributed by atoms with Gasteiger partial charge in [0.2, 0.25) is 0 Å². The third-order valence-corrected chi connectivity index (χ3v) is 4.27. The molecule has 0 aliphatic rings. The number of nitrogens with zero attached hydrogens (tertiary/aromatic N) is 3. The third kappa shape index (κ3) is 2.75. The first kappa shape index (κ1) is 15.1. The number of hydrogen-bond acceptors (Lipinski definition) is 3. The Morgan fingerprint density at radius 3 is 2.88 bits per heavy atom. The average Bonchev–Trinajstić information content (AvgIpc) is 2.93. The number of ether oxygens (including phenoxy) is 1. The van der Waals surface area contributed by atoms with Crippen LogP contribution in [-0.2, 0) is 17.9 Å². The lowest BCUT2D eigenvalue weighted by molar-refractivity contribution is 0.182. The standard InChI is InChI=1S/C19H16ClN3O/c1-24-12-18-16-4-2-3-5-19(16)23(22-18)11-13-6-7-17-14(8-13)9-15(20)10-21-17/h2-10H,11-12H2,1H3. The van der Waals surface area contributed by atoms with E-state index in [4.69, 9.17) is 21.4 Å². The first-order chi connectivity index (χ1) is 11.7. The van der Waals surface area contributed by atoms with Crippen molar-refractivity contribution in [3.8, 4) is 0 Å². The summed E-state index contributed by atoms with van der Waals surface area (Å²) in [5, 5.41) is 7.53. The summed E-state index contributed by atoms with van der Waals surface area (Å²) < 4.78 is 7.29. The number of fused-ring (bicyclic) bond motifs is 2. The lowest BCUT2D eigenvalue weighted by Crippen LogP contribution is -2.02. The molecular weight excluding hydrogens is 322 g/mol. The van der Waals surface area contributed by atoms with Crippen LogP contribution >= 0.6 is 11.6 Å². The van der Waals surface area contributed by atoms with E-state index in [0.717, 1.165) is 33.1 Å². The Labute approximate surface area is 144 Å². The van der Waals surface area contributed by atoms with Crippen LogP contribution in [0.15, 0.2) is 54.7 Å². The Morgan fingerprint density at radius 2 is 2.00 bits per heavy atom. The molecule has 0 N–H and O–H groups in total. The van der Waals surface area contributed by atoms with Gasteiger partial charge in [-0.2, -0.15) is 5.10 Å². The maximum absolute atomic E-state index is 6.05. The van der Waals surface area contributed by atoms with Gasteiger partial charge in [0.1, 0.15) is 0 Å². The number of halogens is 1. The van der Waals surface area contributed by atoms with Gasteiger partial charge in [-0.05, 0) is 29.8 Å². The molecule has 2 aromatic carbocycles. The molecule has 0 saturated carbocycles. The van der Waals surface area contributed by atoms with Gasteiger partial charge in [-0.1, -0.05) is 35.9 Å². The molecule has 4 rings (SSSR count). The molecule has 2 aromatic heterocycles. The van der Waals surface area contributed by atoms with Gasteiger partial charge in [-0.3, -0.25) is 9.67 Å². The van der Waals surface area contributed by atoms with E-state index in [-0.39, 0.29) is 0 Å². The van der Waals surface area contributed by atoms with Crippen molar-refractivity contribution in [1.29, 1.82) is 0 Å². The smallest absolute Gasteiger partial charge is 0.0960 e. The number of para-hydroxylation sites is 1. The zero-order valence-electron chi connectivity index (χ0n) is 13.2. The van der Waals surface area contributed by atoms with Gasteiger partial charge >= 0.3 is 0 Å². The van der Waals surface area contributed by atoms with Gasteiger partial charge in [0.05, 0.1) is 34.9 Å². The van der Waals surface area contributed by atoms with Crippen LogP contribution in [0.4, 0.5) is 0 Å². The topological polar surface area (TPSA) is 39.9 Å². The Bertz CT molecular complexity index is 1030. The molecule has 5 heteroatoms. The summed E-state index contributed by atoms with van der Waals surface area (Å²) >= 11 is 6.05. The lowest BCUT2D eigenvalue weighted by atomic mass is 10.1. The van der Waals surface area contributed by atoms with Crippen molar-refractivity contribution in [2.75, 3.05) is 7.11 Å². The zero-order valence-corrected chi connectivity index (χ0v) is 14.0. The van der Waals surface area contributed by atoms with Gasteiger partial charge in [-0.15, -0.1) is 0 Å². The largest absolute Gasteiger partial charge is 0.378 e. The minimum Gasteiger partial charge on any atom is -0.378 e. The highest BCUT2D eigenvalue weighted by atomic mass is 35.5. The Kier molecular flexibility index (Phi) is 3.92. The molecule has 0 unspecified atom stereocenters. The molecule has 120 valence electrons. The Morgan fingerprint density at radius 1 is 1.12 bits per heavy atom. The summed E-state index contributed by atoms with van der Waals surface area (Å²) in [4.78, 5) is 4.34. The van der Waals surface area contributed by atoms with E-state index >= 15 is 0 Å². The molecule has 24 heavy (non-hydrogen) atoms. The van der Waals surface area contributed by atoms with Crippen LogP contribution < -0.4 is 0 Å². The van der Waals surface area contributed by atoms with Crippen LogP contribution in [0, 0.1) is 0 Å². The average molecular weight is 338 g/mol. The first-order valence-corrected chi connectivity index (χ1v) is 8.10. The molecule has 0 aliphatic carbocycles. The Balaban J connectivity index is 1.76. The zero-order chi connectivity index (χ0) is 16.5. The number of hydrogen-bond donors (Lipinski definition) is 0. The molecule has 0 spiro atoms. The molecule has 4 nitrogen and oxygen atoms in total. The van der Waals surface area contributed by atoms with E-state index in [1.807, 2.05) is 28.9 Å². The van der Waals surface area contributed by atoms with Crippen molar-refractivity contribution < 1.29 is 4.74 Å². The molecule has 2 heterocycles. The van der Waals surface area contributed by atoms with E-state index in [9.17, 15) is 0 Å². The second-order valence-corrected chi connectivity index (χ2v) is 6.17. The fourth-order valence-electron chi connectivity index (χ4n) is 2.99. The fourth-order valence-corrected chi connectivity index (χ4v) is 3.15. The summed E-state index contributed by atoms with van der Waals surface area (Å²) in [6, 6.07) is 16.4. The summed E-state index contributed by atoms with van der Waals surface area (Å²) in [5.74, 6) is 0. The second kappa shape index (κ2) is 6.23. The Hall–Kier alpha value is -2.43. The van der Waals surface area contributed by atoms with E-state index in [2.05, 4.69) is 29.2 Å². The predicted molar refractivity (Wildman–Crippen MR) is 96.3 cm³/mol. The predicted octanol–water partition coefficient (Wildman–Crippen LogP) is 4.43. The second-order valence-electron chi connectivity index (χ2n) is 5.74. The monoisotopic (exact) mass is 337 g/mol. The van der Waals surface area contributed by atoms with Gasteiger partial charge in [-0.25, -0.2) is 0 Å². The van der Waals surface area contributed by atoms with Crippen LogP contribution in [0.25, 0.3) is 21.8 Å². The lowest BCUT2D eigenvalue weighted by Gasteiger charge is -2.06. The van der Waals surface area contributed by atoms with Crippen molar-refractivity contribution >= 4 is 33.4 Å². The number of pyridine rings is 1. The van der Waals surface area contributed by atoms with E-state index in [0.29, 0.717) is 18.2 Å². The molecular formula is C19H16ClN3O. The van der Waals surface area contributed by atoms with Crippen LogP contribution in [0.5, 0.6) is 0 Å². The molecule has 0 bridgehead atoms. The molecule has 0 amide bonds. The number of benzene rings is 2. The van der Waals surface area contributed by atoms with E-state index < -0.39 is 0 Å². The van der Waals surface area contributed by atoms with Crippen LogP contribution in [0.2, 0.25) is 5.02 Å². The van der Waals surface area contributed by atoms with Crippen molar-refractivity contribution in [3.05, 3.63) is 71.0 Å². The summed E-state index contributed by atoms with van der Waals surface area (Å²) in [6.45, 7) is 1.19. The summed E-state index contributed by atoms with van der Waals surface area (Å²) in [6.07, 6.45) is 1.67. The van der Waals surface area contributed by atoms with Crippen molar-refractivity contribution in [1.82, 2.24) is 14.8 Å². The molecule has 4 aromatic rings. The number of rotatable bonds is 4.